The van der Waals surface area contributed by atoms with Crippen molar-refractivity contribution < 1.29 is 14.3 Å². The Hall–Kier alpha value is -0.900. The minimum atomic E-state index is -0.126. The van der Waals surface area contributed by atoms with Crippen LogP contribution in [-0.2, 0) is 14.3 Å². The quantitative estimate of drug-likeness (QED) is 0.558. The molecule has 21 heavy (non-hydrogen) atoms. The molecule has 1 heterocycles. The van der Waals surface area contributed by atoms with Crippen molar-refractivity contribution in [3.8, 4) is 0 Å². The van der Waals surface area contributed by atoms with Gasteiger partial charge in [-0.05, 0) is 38.6 Å². The maximum absolute atomic E-state index is 12.2. The molecule has 0 spiro atoms. The largest absolute Gasteiger partial charge is 0.465 e. The van der Waals surface area contributed by atoms with Crippen LogP contribution >= 0.6 is 0 Å². The highest BCUT2D eigenvalue weighted by atomic mass is 16.5. The van der Waals surface area contributed by atoms with Crippen LogP contribution in [0.1, 0.15) is 64.7 Å². The first-order valence-electron chi connectivity index (χ1n) is 8.64. The summed E-state index contributed by atoms with van der Waals surface area (Å²) in [5.74, 6) is 0.443. The van der Waals surface area contributed by atoms with E-state index in [1.807, 2.05) is 0 Å². The summed E-state index contributed by atoms with van der Waals surface area (Å²) in [5.41, 5.74) is 0. The van der Waals surface area contributed by atoms with Crippen LogP contribution in [0.3, 0.4) is 0 Å². The summed E-state index contributed by atoms with van der Waals surface area (Å²) < 4.78 is 5.28. The van der Waals surface area contributed by atoms with Gasteiger partial charge in [0.1, 0.15) is 5.78 Å². The van der Waals surface area contributed by atoms with Crippen LogP contribution in [0.15, 0.2) is 0 Å². The monoisotopic (exact) mass is 295 g/mol. The van der Waals surface area contributed by atoms with Crippen LogP contribution in [0.25, 0.3) is 0 Å². The van der Waals surface area contributed by atoms with E-state index in [9.17, 15) is 9.59 Å². The molecule has 0 amide bonds. The normalized spacial score (nSPS) is 27.6. The van der Waals surface area contributed by atoms with E-state index in [-0.39, 0.29) is 17.9 Å². The van der Waals surface area contributed by atoms with Crippen molar-refractivity contribution in [2.75, 3.05) is 19.7 Å². The third kappa shape index (κ3) is 4.80. The highest BCUT2D eigenvalue weighted by molar-refractivity contribution is 5.82. The van der Waals surface area contributed by atoms with E-state index in [4.69, 9.17) is 4.74 Å². The molecule has 2 rings (SSSR count). The van der Waals surface area contributed by atoms with Gasteiger partial charge in [0.15, 0.2) is 0 Å². The number of ether oxygens (including phenoxy) is 1. The molecule has 0 radical (unpaired) electrons. The molecule has 2 fully saturated rings. The van der Waals surface area contributed by atoms with Crippen molar-refractivity contribution in [2.45, 2.75) is 70.8 Å². The van der Waals surface area contributed by atoms with Crippen LogP contribution in [0.5, 0.6) is 0 Å². The minimum absolute atomic E-state index is 0.126. The molecule has 1 aliphatic heterocycles. The molecule has 4 nitrogen and oxygen atoms in total. The summed E-state index contributed by atoms with van der Waals surface area (Å²) in [5, 5.41) is 0. The van der Waals surface area contributed by atoms with Gasteiger partial charge in [0.25, 0.3) is 0 Å². The predicted molar refractivity (Wildman–Crippen MR) is 82.0 cm³/mol. The molecule has 4 heteroatoms. The van der Waals surface area contributed by atoms with Gasteiger partial charge < -0.3 is 4.74 Å². The van der Waals surface area contributed by atoms with Crippen LogP contribution < -0.4 is 0 Å². The third-order valence-electron chi connectivity index (χ3n) is 4.82. The molecule has 2 unspecified atom stereocenters. The average molecular weight is 295 g/mol. The summed E-state index contributed by atoms with van der Waals surface area (Å²) in [6.07, 6.45) is 9.25. The number of carbonyl (C=O) groups is 2. The molecule has 2 aliphatic rings. The van der Waals surface area contributed by atoms with Gasteiger partial charge in [0.05, 0.1) is 13.2 Å². The van der Waals surface area contributed by atoms with Gasteiger partial charge in [-0.15, -0.1) is 0 Å². The number of piperidine rings is 1. The second-order valence-electron chi connectivity index (χ2n) is 6.43. The van der Waals surface area contributed by atoms with Crippen molar-refractivity contribution in [1.29, 1.82) is 0 Å². The zero-order chi connectivity index (χ0) is 15.1. The highest BCUT2D eigenvalue weighted by Gasteiger charge is 2.36. The fourth-order valence-corrected chi connectivity index (χ4v) is 3.63. The van der Waals surface area contributed by atoms with Crippen LogP contribution in [0, 0.1) is 5.92 Å². The Morgan fingerprint density at radius 2 is 2.05 bits per heavy atom. The Morgan fingerprint density at radius 3 is 2.81 bits per heavy atom. The first-order valence-corrected chi connectivity index (χ1v) is 8.64. The number of esters is 1. The maximum atomic E-state index is 12.2. The van der Waals surface area contributed by atoms with E-state index in [1.165, 1.54) is 6.42 Å². The lowest BCUT2D eigenvalue weighted by Gasteiger charge is -2.40. The SMILES string of the molecule is CCCCOC(=O)CN1CCCCC1C1CCCCC1=O. The molecule has 0 aromatic rings. The lowest BCUT2D eigenvalue weighted by atomic mass is 9.79. The molecule has 120 valence electrons. The number of unbranched alkanes of at least 4 members (excludes halogenated alkanes) is 1. The van der Waals surface area contributed by atoms with Gasteiger partial charge in [-0.2, -0.15) is 0 Å². The number of nitrogens with zero attached hydrogens (tertiary/aromatic N) is 1. The lowest BCUT2D eigenvalue weighted by Crippen LogP contribution is -2.49. The van der Waals surface area contributed by atoms with Gasteiger partial charge in [-0.25, -0.2) is 0 Å². The van der Waals surface area contributed by atoms with Crippen LogP contribution in [0.4, 0.5) is 0 Å². The number of ketones is 1. The summed E-state index contributed by atoms with van der Waals surface area (Å²) in [7, 11) is 0. The molecular weight excluding hydrogens is 266 g/mol. The molecule has 0 aromatic heterocycles. The topological polar surface area (TPSA) is 46.6 Å². The predicted octanol–water partition coefficient (Wildman–Crippen LogP) is 2.94. The number of Topliss-reactive ketones (excluding diaryl/α,β-unsaturated/α-hetero) is 1. The highest BCUT2D eigenvalue weighted by Crippen LogP contribution is 2.31. The second-order valence-corrected chi connectivity index (χ2v) is 6.43. The van der Waals surface area contributed by atoms with E-state index in [2.05, 4.69) is 11.8 Å². The lowest BCUT2D eigenvalue weighted by molar-refractivity contribution is -0.147. The first-order chi connectivity index (χ1) is 10.2. The third-order valence-corrected chi connectivity index (χ3v) is 4.82. The standard InChI is InChI=1S/C17H29NO3/c1-2-3-12-21-17(20)13-18-11-7-6-9-15(18)14-8-4-5-10-16(14)19/h14-15H,2-13H2,1H3. The Balaban J connectivity index is 1.89. The first kappa shape index (κ1) is 16.5. The molecule has 1 saturated heterocycles. The number of hydrogen-bond acceptors (Lipinski definition) is 4. The van der Waals surface area contributed by atoms with Gasteiger partial charge in [-0.1, -0.05) is 26.2 Å². The zero-order valence-corrected chi connectivity index (χ0v) is 13.3. The van der Waals surface area contributed by atoms with E-state index >= 15 is 0 Å². The van der Waals surface area contributed by atoms with Gasteiger partial charge in [-0.3, -0.25) is 14.5 Å². The summed E-state index contributed by atoms with van der Waals surface area (Å²) in [6.45, 7) is 3.90. The smallest absolute Gasteiger partial charge is 0.320 e. The molecule has 0 aromatic carbocycles. The second kappa shape index (κ2) is 8.52. The van der Waals surface area contributed by atoms with Gasteiger partial charge in [0.2, 0.25) is 0 Å². The molecule has 1 aliphatic carbocycles. The molecule has 0 N–H and O–H groups in total. The fourth-order valence-electron chi connectivity index (χ4n) is 3.63. The Morgan fingerprint density at radius 1 is 1.24 bits per heavy atom. The maximum Gasteiger partial charge on any atom is 0.320 e. The molecular formula is C17H29NO3. The van der Waals surface area contributed by atoms with E-state index < -0.39 is 0 Å². The Bertz CT molecular complexity index is 356. The van der Waals surface area contributed by atoms with Crippen LogP contribution in [-0.4, -0.2) is 42.4 Å². The number of hydrogen-bond donors (Lipinski definition) is 0. The molecule has 2 atom stereocenters. The number of likely N-dealkylation sites (tertiary alicyclic amines) is 1. The van der Waals surface area contributed by atoms with Crippen molar-refractivity contribution >= 4 is 11.8 Å². The van der Waals surface area contributed by atoms with Gasteiger partial charge in [0, 0.05) is 18.4 Å². The number of rotatable bonds is 6. The van der Waals surface area contributed by atoms with Crippen molar-refractivity contribution in [3.63, 3.8) is 0 Å². The van der Waals surface area contributed by atoms with Crippen LogP contribution in [0.2, 0.25) is 0 Å². The summed E-state index contributed by atoms with van der Waals surface area (Å²) >= 11 is 0. The number of carbonyl (C=O) groups excluding carboxylic acids is 2. The molecule has 0 bridgehead atoms. The van der Waals surface area contributed by atoms with Gasteiger partial charge >= 0.3 is 5.97 Å². The zero-order valence-electron chi connectivity index (χ0n) is 13.3. The fraction of sp³-hybridized carbons (Fsp3) is 0.882. The minimum Gasteiger partial charge on any atom is -0.465 e. The van der Waals surface area contributed by atoms with E-state index in [0.717, 1.165) is 57.9 Å². The molecule has 1 saturated carbocycles. The summed E-state index contributed by atoms with van der Waals surface area (Å²) in [6, 6.07) is 0.269. The Kier molecular flexibility index (Phi) is 6.68. The van der Waals surface area contributed by atoms with Crippen molar-refractivity contribution in [2.24, 2.45) is 5.92 Å². The van der Waals surface area contributed by atoms with E-state index in [0.29, 0.717) is 18.9 Å². The summed E-state index contributed by atoms with van der Waals surface area (Å²) in [4.78, 5) is 26.4. The van der Waals surface area contributed by atoms with E-state index in [1.54, 1.807) is 0 Å². The van der Waals surface area contributed by atoms with Crippen molar-refractivity contribution in [1.82, 2.24) is 4.90 Å². The Labute approximate surface area is 128 Å². The average Bonchev–Trinajstić information content (AvgIpc) is 2.49. The van der Waals surface area contributed by atoms with Crippen molar-refractivity contribution in [3.05, 3.63) is 0 Å².